The van der Waals surface area contributed by atoms with Crippen molar-refractivity contribution in [2.45, 2.75) is 29.2 Å². The van der Waals surface area contributed by atoms with Crippen LogP contribution in [0.2, 0.25) is 0 Å². The number of sulfone groups is 1. The van der Waals surface area contributed by atoms with E-state index < -0.39 is 26.5 Å². The number of amides is 1. The Morgan fingerprint density at radius 1 is 0.844 bits per heavy atom. The van der Waals surface area contributed by atoms with Crippen molar-refractivity contribution in [3.8, 4) is 11.5 Å². The Bertz CT molecular complexity index is 1210. The Morgan fingerprint density at radius 3 is 1.91 bits per heavy atom. The topological polar surface area (TPSA) is 72.9 Å². The summed E-state index contributed by atoms with van der Waals surface area (Å²) in [6.07, 6.45) is 0. The summed E-state index contributed by atoms with van der Waals surface area (Å²) in [5.41, 5.74) is 1.67. The number of methoxy groups -OCH3 is 2. The molecule has 0 bridgehead atoms. The van der Waals surface area contributed by atoms with Gasteiger partial charge in [-0.3, -0.25) is 4.79 Å². The second kappa shape index (κ2) is 8.31. The van der Waals surface area contributed by atoms with Crippen molar-refractivity contribution >= 4 is 15.7 Å². The number of β-lactam (4-membered cyclic amide) rings is 1. The molecule has 1 amide bonds. The van der Waals surface area contributed by atoms with E-state index in [1.54, 1.807) is 36.3 Å². The monoisotopic (exact) mass is 451 g/mol. The zero-order chi connectivity index (χ0) is 22.9. The van der Waals surface area contributed by atoms with E-state index in [-0.39, 0.29) is 4.90 Å². The fourth-order valence-electron chi connectivity index (χ4n) is 4.24. The zero-order valence-electron chi connectivity index (χ0n) is 18.2. The molecule has 0 aromatic heterocycles. The largest absolute Gasteiger partial charge is 0.497 e. The van der Waals surface area contributed by atoms with Gasteiger partial charge in [-0.15, -0.1) is 0 Å². The standard InChI is InChI=1S/C25H25NO5S/c1-25(32(28,29)22-15-13-21(31-3)14-16-22)23(19-9-11-20(30-2)12-10-19)26(24(25)27)17-18-7-5-4-6-8-18/h4-16,23H,17H2,1-3H3/t23-,25+/m1/s1. The molecule has 6 nitrogen and oxygen atoms in total. The Hall–Kier alpha value is -3.32. The highest BCUT2D eigenvalue weighted by Crippen LogP contribution is 2.51. The van der Waals surface area contributed by atoms with Crippen molar-refractivity contribution in [1.29, 1.82) is 0 Å². The van der Waals surface area contributed by atoms with Crippen LogP contribution in [-0.4, -0.2) is 38.2 Å². The summed E-state index contributed by atoms with van der Waals surface area (Å²) < 4.78 is 36.2. The zero-order valence-corrected chi connectivity index (χ0v) is 19.0. The minimum absolute atomic E-state index is 0.0898. The predicted octanol–water partition coefficient (Wildman–Crippen LogP) is 4.02. The average Bonchev–Trinajstić information content (AvgIpc) is 2.84. The van der Waals surface area contributed by atoms with Crippen molar-refractivity contribution in [2.75, 3.05) is 14.2 Å². The first-order valence-electron chi connectivity index (χ1n) is 10.2. The summed E-state index contributed by atoms with van der Waals surface area (Å²) in [6.45, 7) is 1.84. The third-order valence-corrected chi connectivity index (χ3v) is 8.48. The van der Waals surface area contributed by atoms with E-state index >= 15 is 0 Å². The average molecular weight is 452 g/mol. The molecular formula is C25H25NO5S. The van der Waals surface area contributed by atoms with Crippen LogP contribution in [0.25, 0.3) is 0 Å². The number of carbonyl (C=O) groups excluding carboxylic acids is 1. The van der Waals surface area contributed by atoms with Crippen molar-refractivity contribution < 1.29 is 22.7 Å². The molecular weight excluding hydrogens is 426 g/mol. The van der Waals surface area contributed by atoms with Gasteiger partial charge < -0.3 is 14.4 Å². The minimum atomic E-state index is -3.99. The van der Waals surface area contributed by atoms with Gasteiger partial charge in [0.25, 0.3) is 0 Å². The van der Waals surface area contributed by atoms with Gasteiger partial charge in [0, 0.05) is 6.54 Å². The summed E-state index contributed by atoms with van der Waals surface area (Å²) in [5, 5.41) is 0. The highest BCUT2D eigenvalue weighted by Gasteiger charge is 2.66. The Balaban J connectivity index is 1.78. The van der Waals surface area contributed by atoms with Crippen molar-refractivity contribution in [3.05, 3.63) is 90.0 Å². The molecule has 3 aromatic carbocycles. The molecule has 7 heteroatoms. The summed E-state index contributed by atoms with van der Waals surface area (Å²) in [7, 11) is -0.906. The molecule has 4 rings (SSSR count). The molecule has 0 radical (unpaired) electrons. The number of benzene rings is 3. The van der Waals surface area contributed by atoms with Crippen LogP contribution in [0.3, 0.4) is 0 Å². The third-order valence-electron chi connectivity index (χ3n) is 6.07. The maximum absolute atomic E-state index is 13.7. The van der Waals surface area contributed by atoms with Crippen molar-refractivity contribution in [1.82, 2.24) is 4.90 Å². The molecule has 1 saturated heterocycles. The Kier molecular flexibility index (Phi) is 5.69. The number of ether oxygens (including phenoxy) is 2. The van der Waals surface area contributed by atoms with Gasteiger partial charge in [-0.2, -0.15) is 0 Å². The lowest BCUT2D eigenvalue weighted by molar-refractivity contribution is -0.153. The van der Waals surface area contributed by atoms with Gasteiger partial charge in [-0.05, 0) is 54.4 Å². The molecule has 3 aromatic rings. The maximum Gasteiger partial charge on any atom is 0.247 e. The molecule has 32 heavy (non-hydrogen) atoms. The first-order valence-corrected chi connectivity index (χ1v) is 11.7. The molecule has 0 spiro atoms. The van der Waals surface area contributed by atoms with E-state index in [4.69, 9.17) is 9.47 Å². The van der Waals surface area contributed by atoms with Crippen molar-refractivity contribution in [3.63, 3.8) is 0 Å². The van der Waals surface area contributed by atoms with Gasteiger partial charge in [0.15, 0.2) is 14.6 Å². The van der Waals surface area contributed by atoms with Gasteiger partial charge >= 0.3 is 0 Å². The fourth-order valence-corrected chi connectivity index (χ4v) is 6.13. The number of hydrogen-bond acceptors (Lipinski definition) is 5. The summed E-state index contributed by atoms with van der Waals surface area (Å²) in [5.74, 6) is 0.790. The number of carbonyl (C=O) groups is 1. The van der Waals surface area contributed by atoms with Crippen LogP contribution in [0.4, 0.5) is 0 Å². The van der Waals surface area contributed by atoms with Crippen LogP contribution in [-0.2, 0) is 21.2 Å². The Labute approximate surface area is 188 Å². The lowest BCUT2D eigenvalue weighted by Crippen LogP contribution is -2.69. The van der Waals surface area contributed by atoms with E-state index in [0.717, 1.165) is 11.1 Å². The molecule has 1 aliphatic rings. The molecule has 1 heterocycles. The highest BCUT2D eigenvalue weighted by atomic mass is 32.2. The predicted molar refractivity (Wildman–Crippen MR) is 121 cm³/mol. The minimum Gasteiger partial charge on any atom is -0.497 e. The van der Waals surface area contributed by atoms with Gasteiger partial charge in [-0.25, -0.2) is 8.42 Å². The van der Waals surface area contributed by atoms with Crippen LogP contribution < -0.4 is 9.47 Å². The molecule has 2 atom stereocenters. The fraction of sp³-hybridized carbons (Fsp3) is 0.240. The lowest BCUT2D eigenvalue weighted by atomic mass is 9.82. The number of nitrogens with zero attached hydrogens (tertiary/aromatic N) is 1. The molecule has 0 N–H and O–H groups in total. The molecule has 166 valence electrons. The SMILES string of the molecule is COc1ccc([C@H]2N(Cc3ccccc3)C(=O)[C@@]2(C)S(=O)(=O)c2ccc(OC)cc2)cc1. The van der Waals surface area contributed by atoms with Gasteiger partial charge in [0.05, 0.1) is 25.2 Å². The normalized spacial score (nSPS) is 20.5. The second-order valence-electron chi connectivity index (χ2n) is 7.88. The second-order valence-corrected chi connectivity index (χ2v) is 10.2. The quantitative estimate of drug-likeness (QED) is 0.508. The smallest absolute Gasteiger partial charge is 0.247 e. The molecule has 0 unspecified atom stereocenters. The first kappa shape index (κ1) is 21.9. The van der Waals surface area contributed by atoms with E-state index in [0.29, 0.717) is 18.0 Å². The van der Waals surface area contributed by atoms with E-state index in [1.165, 1.54) is 26.2 Å². The summed E-state index contributed by atoms with van der Waals surface area (Å²) in [4.78, 5) is 15.1. The van der Waals surface area contributed by atoms with Gasteiger partial charge in [0.2, 0.25) is 5.91 Å². The van der Waals surface area contributed by atoms with E-state index in [9.17, 15) is 13.2 Å². The third kappa shape index (κ3) is 3.42. The first-order chi connectivity index (χ1) is 15.3. The summed E-state index contributed by atoms with van der Waals surface area (Å²) >= 11 is 0. The maximum atomic E-state index is 13.7. The number of likely N-dealkylation sites (tertiary alicyclic amines) is 1. The van der Waals surface area contributed by atoms with E-state index in [2.05, 4.69) is 0 Å². The van der Waals surface area contributed by atoms with Crippen LogP contribution in [0.5, 0.6) is 11.5 Å². The number of hydrogen-bond donors (Lipinski definition) is 0. The van der Waals surface area contributed by atoms with Crippen LogP contribution in [0.1, 0.15) is 24.1 Å². The molecule has 0 saturated carbocycles. The van der Waals surface area contributed by atoms with E-state index in [1.807, 2.05) is 42.5 Å². The van der Waals surface area contributed by atoms with Crippen LogP contribution in [0.15, 0.2) is 83.8 Å². The highest BCUT2D eigenvalue weighted by molar-refractivity contribution is 7.93. The van der Waals surface area contributed by atoms with Gasteiger partial charge in [-0.1, -0.05) is 42.5 Å². The number of rotatable bonds is 7. The van der Waals surface area contributed by atoms with Crippen LogP contribution >= 0.6 is 0 Å². The molecule has 1 fully saturated rings. The van der Waals surface area contributed by atoms with Crippen LogP contribution in [0, 0.1) is 0 Å². The summed E-state index contributed by atoms with van der Waals surface area (Å²) in [6, 6.07) is 22.2. The molecule has 0 aliphatic carbocycles. The lowest BCUT2D eigenvalue weighted by Gasteiger charge is -2.53. The molecule has 1 aliphatic heterocycles. The van der Waals surface area contributed by atoms with Crippen molar-refractivity contribution in [2.24, 2.45) is 0 Å². The van der Waals surface area contributed by atoms with Gasteiger partial charge in [0.1, 0.15) is 11.5 Å². The Morgan fingerprint density at radius 2 is 1.38 bits per heavy atom.